The average molecular weight is 216 g/mol. The summed E-state index contributed by atoms with van der Waals surface area (Å²) in [5.41, 5.74) is 5.04. The first-order chi connectivity index (χ1) is 6.94. The molecule has 0 heterocycles. The molecule has 0 aromatic carbocycles. The van der Waals surface area contributed by atoms with Crippen molar-refractivity contribution in [1.82, 2.24) is 4.90 Å². The molecule has 0 radical (unpaired) electrons. The summed E-state index contributed by atoms with van der Waals surface area (Å²) in [7, 11) is 0. The summed E-state index contributed by atoms with van der Waals surface area (Å²) < 4.78 is 0. The molecule has 0 bridgehead atoms. The van der Waals surface area contributed by atoms with Gasteiger partial charge in [0.05, 0.1) is 5.60 Å². The molecule has 92 valence electrons. The minimum atomic E-state index is -0.571. The molecule has 0 aromatic heterocycles. The minimum Gasteiger partial charge on any atom is -0.390 e. The zero-order valence-corrected chi connectivity index (χ0v) is 10.8. The SMILES string of the molecule is CCC(CC)N(CCN)CCC(C)(C)O. The molecule has 0 unspecified atom stereocenters. The van der Waals surface area contributed by atoms with E-state index in [1.165, 1.54) is 0 Å². The van der Waals surface area contributed by atoms with Crippen molar-refractivity contribution in [2.75, 3.05) is 19.6 Å². The lowest BCUT2D eigenvalue weighted by Gasteiger charge is -2.32. The molecular formula is C12H28N2O. The number of nitrogens with two attached hydrogens (primary N) is 1. The van der Waals surface area contributed by atoms with Crippen LogP contribution in [-0.4, -0.2) is 41.3 Å². The van der Waals surface area contributed by atoms with Crippen LogP contribution in [0.1, 0.15) is 47.0 Å². The highest BCUT2D eigenvalue weighted by atomic mass is 16.3. The summed E-state index contributed by atoms with van der Waals surface area (Å²) in [6, 6.07) is 0.607. The van der Waals surface area contributed by atoms with Crippen molar-refractivity contribution < 1.29 is 5.11 Å². The van der Waals surface area contributed by atoms with Gasteiger partial charge in [-0.1, -0.05) is 13.8 Å². The van der Waals surface area contributed by atoms with Crippen LogP contribution in [0.5, 0.6) is 0 Å². The number of hydrogen-bond acceptors (Lipinski definition) is 3. The summed E-state index contributed by atoms with van der Waals surface area (Å²) in [6.45, 7) is 10.7. The third kappa shape index (κ3) is 6.88. The number of hydrogen-bond donors (Lipinski definition) is 2. The quantitative estimate of drug-likeness (QED) is 0.648. The minimum absolute atomic E-state index is 0.571. The molecule has 0 saturated heterocycles. The highest BCUT2D eigenvalue weighted by molar-refractivity contribution is 4.74. The predicted octanol–water partition coefficient (Wildman–Crippen LogP) is 1.60. The van der Waals surface area contributed by atoms with Crippen LogP contribution in [0, 0.1) is 0 Å². The Kier molecular flexibility index (Phi) is 7.14. The lowest BCUT2D eigenvalue weighted by Crippen LogP contribution is -2.41. The predicted molar refractivity (Wildman–Crippen MR) is 65.9 cm³/mol. The van der Waals surface area contributed by atoms with Crippen molar-refractivity contribution in [2.45, 2.75) is 58.6 Å². The monoisotopic (exact) mass is 216 g/mol. The summed E-state index contributed by atoms with van der Waals surface area (Å²) in [5, 5.41) is 9.70. The van der Waals surface area contributed by atoms with E-state index in [2.05, 4.69) is 18.7 Å². The molecule has 0 spiro atoms. The first-order valence-electron chi connectivity index (χ1n) is 6.11. The van der Waals surface area contributed by atoms with Crippen LogP contribution < -0.4 is 5.73 Å². The number of aliphatic hydroxyl groups is 1. The second-order valence-corrected chi connectivity index (χ2v) is 4.86. The first-order valence-corrected chi connectivity index (χ1v) is 6.11. The van der Waals surface area contributed by atoms with Gasteiger partial charge < -0.3 is 10.8 Å². The van der Waals surface area contributed by atoms with Crippen LogP contribution in [0.25, 0.3) is 0 Å². The van der Waals surface area contributed by atoms with Gasteiger partial charge in [0.1, 0.15) is 0 Å². The van der Waals surface area contributed by atoms with Gasteiger partial charge in [-0.05, 0) is 33.1 Å². The first kappa shape index (κ1) is 14.9. The van der Waals surface area contributed by atoms with E-state index in [-0.39, 0.29) is 0 Å². The molecule has 0 aromatic rings. The zero-order chi connectivity index (χ0) is 11.9. The maximum absolute atomic E-state index is 9.70. The van der Waals surface area contributed by atoms with E-state index < -0.39 is 5.60 Å². The van der Waals surface area contributed by atoms with Crippen molar-refractivity contribution >= 4 is 0 Å². The van der Waals surface area contributed by atoms with Crippen LogP contribution in [0.3, 0.4) is 0 Å². The molecule has 0 aliphatic rings. The van der Waals surface area contributed by atoms with Crippen molar-refractivity contribution in [2.24, 2.45) is 5.73 Å². The molecule has 0 rings (SSSR count). The third-order valence-electron chi connectivity index (χ3n) is 2.89. The van der Waals surface area contributed by atoms with Crippen molar-refractivity contribution in [3.05, 3.63) is 0 Å². The standard InChI is InChI=1S/C12H28N2O/c1-5-11(6-2)14(10-8-13)9-7-12(3,4)15/h11,15H,5-10,13H2,1-4H3. The second kappa shape index (κ2) is 7.20. The van der Waals surface area contributed by atoms with Gasteiger partial charge in [-0.2, -0.15) is 0 Å². The molecule has 0 fully saturated rings. The van der Waals surface area contributed by atoms with Crippen LogP contribution in [-0.2, 0) is 0 Å². The maximum atomic E-state index is 9.70. The topological polar surface area (TPSA) is 49.5 Å². The molecule has 15 heavy (non-hydrogen) atoms. The van der Waals surface area contributed by atoms with Gasteiger partial charge in [-0.3, -0.25) is 4.90 Å². The van der Waals surface area contributed by atoms with E-state index in [4.69, 9.17) is 5.73 Å². The Balaban J connectivity index is 4.13. The normalized spacial score (nSPS) is 12.8. The fraction of sp³-hybridized carbons (Fsp3) is 1.00. The van der Waals surface area contributed by atoms with Gasteiger partial charge >= 0.3 is 0 Å². The second-order valence-electron chi connectivity index (χ2n) is 4.86. The Morgan fingerprint density at radius 2 is 1.73 bits per heavy atom. The molecule has 3 heteroatoms. The third-order valence-corrected chi connectivity index (χ3v) is 2.89. The number of nitrogens with zero attached hydrogens (tertiary/aromatic N) is 1. The van der Waals surface area contributed by atoms with E-state index in [1.807, 2.05) is 13.8 Å². The number of rotatable bonds is 8. The fourth-order valence-electron chi connectivity index (χ4n) is 1.87. The lowest BCUT2D eigenvalue weighted by molar-refractivity contribution is 0.0503. The zero-order valence-electron chi connectivity index (χ0n) is 10.8. The molecule has 3 N–H and O–H groups in total. The van der Waals surface area contributed by atoms with Gasteiger partial charge in [0.15, 0.2) is 0 Å². The average Bonchev–Trinajstić information content (AvgIpc) is 2.14. The Hall–Kier alpha value is -0.120. The largest absolute Gasteiger partial charge is 0.390 e. The Labute approximate surface area is 94.6 Å². The Morgan fingerprint density at radius 3 is 2.07 bits per heavy atom. The van der Waals surface area contributed by atoms with E-state index >= 15 is 0 Å². The Morgan fingerprint density at radius 1 is 1.20 bits per heavy atom. The Bertz CT molecular complexity index is 150. The molecule has 0 aliphatic heterocycles. The maximum Gasteiger partial charge on any atom is 0.0603 e. The van der Waals surface area contributed by atoms with Crippen LogP contribution in [0.15, 0.2) is 0 Å². The fourth-order valence-corrected chi connectivity index (χ4v) is 1.87. The summed E-state index contributed by atoms with van der Waals surface area (Å²) in [4.78, 5) is 2.40. The van der Waals surface area contributed by atoms with Gasteiger partial charge in [0.2, 0.25) is 0 Å². The highest BCUT2D eigenvalue weighted by Gasteiger charge is 2.18. The molecule has 0 saturated carbocycles. The lowest BCUT2D eigenvalue weighted by atomic mass is 10.0. The molecule has 0 atom stereocenters. The van der Waals surface area contributed by atoms with Gasteiger partial charge in [-0.15, -0.1) is 0 Å². The van der Waals surface area contributed by atoms with Gasteiger partial charge in [0, 0.05) is 25.7 Å². The van der Waals surface area contributed by atoms with Gasteiger partial charge in [0.25, 0.3) is 0 Å². The van der Waals surface area contributed by atoms with Crippen LogP contribution in [0.2, 0.25) is 0 Å². The highest BCUT2D eigenvalue weighted by Crippen LogP contribution is 2.13. The summed E-state index contributed by atoms with van der Waals surface area (Å²) in [5.74, 6) is 0. The van der Waals surface area contributed by atoms with Crippen molar-refractivity contribution in [3.8, 4) is 0 Å². The van der Waals surface area contributed by atoms with Crippen molar-refractivity contribution in [1.29, 1.82) is 0 Å². The molecule has 0 amide bonds. The smallest absolute Gasteiger partial charge is 0.0603 e. The van der Waals surface area contributed by atoms with Crippen LogP contribution >= 0.6 is 0 Å². The van der Waals surface area contributed by atoms with Crippen LogP contribution in [0.4, 0.5) is 0 Å². The van der Waals surface area contributed by atoms with E-state index in [0.717, 1.165) is 32.4 Å². The summed E-state index contributed by atoms with van der Waals surface area (Å²) >= 11 is 0. The van der Waals surface area contributed by atoms with Gasteiger partial charge in [-0.25, -0.2) is 0 Å². The van der Waals surface area contributed by atoms with E-state index in [0.29, 0.717) is 12.6 Å². The van der Waals surface area contributed by atoms with Crippen molar-refractivity contribution in [3.63, 3.8) is 0 Å². The summed E-state index contributed by atoms with van der Waals surface area (Å²) in [6.07, 6.45) is 3.12. The molecule has 3 nitrogen and oxygen atoms in total. The molecular weight excluding hydrogens is 188 g/mol. The van der Waals surface area contributed by atoms with E-state index in [9.17, 15) is 5.11 Å². The van der Waals surface area contributed by atoms with E-state index in [1.54, 1.807) is 0 Å². The molecule has 0 aliphatic carbocycles.